The van der Waals surface area contributed by atoms with Crippen LogP contribution in [0.5, 0.6) is 0 Å². The molecule has 0 amide bonds. The first kappa shape index (κ1) is 13.8. The van der Waals surface area contributed by atoms with E-state index in [1.165, 1.54) is 12.1 Å². The molecule has 0 unspecified atom stereocenters. The van der Waals surface area contributed by atoms with E-state index in [1.54, 1.807) is 0 Å². The van der Waals surface area contributed by atoms with Gasteiger partial charge in [0.15, 0.2) is 0 Å². The van der Waals surface area contributed by atoms with E-state index >= 15 is 0 Å². The molecule has 1 heterocycles. The standard InChI is InChI=1S/C16H15F3N2/c17-16(18,19)12-6-4-11(5-7-12)10-21-9-8-13-14(20)2-1-3-15(13)21/h1-7H,8-10,20H2. The minimum Gasteiger partial charge on any atom is -0.398 e. The zero-order valence-electron chi connectivity index (χ0n) is 11.3. The fraction of sp³-hybridized carbons (Fsp3) is 0.250. The van der Waals surface area contributed by atoms with Gasteiger partial charge in [0.25, 0.3) is 0 Å². The van der Waals surface area contributed by atoms with Gasteiger partial charge in [-0.1, -0.05) is 18.2 Å². The fourth-order valence-corrected chi connectivity index (χ4v) is 2.71. The summed E-state index contributed by atoms with van der Waals surface area (Å²) < 4.78 is 37.6. The first-order chi connectivity index (χ1) is 9.95. The van der Waals surface area contributed by atoms with Gasteiger partial charge in [-0.2, -0.15) is 13.2 Å². The highest BCUT2D eigenvalue weighted by Gasteiger charge is 2.30. The summed E-state index contributed by atoms with van der Waals surface area (Å²) >= 11 is 0. The van der Waals surface area contributed by atoms with Gasteiger partial charge in [0.05, 0.1) is 5.56 Å². The Bertz CT molecular complexity index is 648. The topological polar surface area (TPSA) is 29.3 Å². The third-order valence-corrected chi connectivity index (χ3v) is 3.81. The SMILES string of the molecule is Nc1cccc2c1CCN2Cc1ccc(C(F)(F)F)cc1. The molecule has 0 atom stereocenters. The minimum atomic E-state index is -4.28. The van der Waals surface area contributed by atoms with E-state index in [1.807, 2.05) is 18.2 Å². The molecule has 1 aliphatic rings. The Labute approximate surface area is 121 Å². The highest BCUT2D eigenvalue weighted by Crippen LogP contribution is 2.34. The molecule has 21 heavy (non-hydrogen) atoms. The largest absolute Gasteiger partial charge is 0.416 e. The summed E-state index contributed by atoms with van der Waals surface area (Å²) in [5, 5.41) is 0. The Morgan fingerprint density at radius 1 is 1.05 bits per heavy atom. The highest BCUT2D eigenvalue weighted by atomic mass is 19.4. The molecule has 0 radical (unpaired) electrons. The molecule has 2 nitrogen and oxygen atoms in total. The molecule has 2 aromatic carbocycles. The monoisotopic (exact) mass is 292 g/mol. The lowest BCUT2D eigenvalue weighted by Crippen LogP contribution is -2.19. The van der Waals surface area contributed by atoms with Crippen molar-refractivity contribution in [3.8, 4) is 0 Å². The molecule has 5 heteroatoms. The van der Waals surface area contributed by atoms with Crippen molar-refractivity contribution in [3.05, 3.63) is 59.2 Å². The Morgan fingerprint density at radius 3 is 2.43 bits per heavy atom. The first-order valence-electron chi connectivity index (χ1n) is 6.73. The van der Waals surface area contributed by atoms with E-state index in [4.69, 9.17) is 5.73 Å². The Balaban J connectivity index is 1.79. The summed E-state index contributed by atoms with van der Waals surface area (Å²) in [6, 6.07) is 11.1. The van der Waals surface area contributed by atoms with Crippen LogP contribution in [0, 0.1) is 0 Å². The van der Waals surface area contributed by atoms with Gasteiger partial charge in [0.2, 0.25) is 0 Å². The number of halogens is 3. The van der Waals surface area contributed by atoms with Crippen LogP contribution in [0.1, 0.15) is 16.7 Å². The van der Waals surface area contributed by atoms with Crippen molar-refractivity contribution in [2.45, 2.75) is 19.1 Å². The number of anilines is 2. The quantitative estimate of drug-likeness (QED) is 0.852. The van der Waals surface area contributed by atoms with E-state index in [0.717, 1.165) is 47.6 Å². The Kier molecular flexibility index (Phi) is 3.27. The van der Waals surface area contributed by atoms with E-state index in [-0.39, 0.29) is 0 Å². The zero-order valence-corrected chi connectivity index (χ0v) is 11.3. The third kappa shape index (κ3) is 2.68. The smallest absolute Gasteiger partial charge is 0.398 e. The fourth-order valence-electron chi connectivity index (χ4n) is 2.71. The van der Waals surface area contributed by atoms with E-state index in [0.29, 0.717) is 6.54 Å². The number of hydrogen-bond acceptors (Lipinski definition) is 2. The molecule has 3 rings (SSSR count). The molecular formula is C16H15F3N2. The normalized spacial score (nSPS) is 14.3. The summed E-state index contributed by atoms with van der Waals surface area (Å²) in [6.07, 6.45) is -3.41. The Hall–Kier alpha value is -2.17. The van der Waals surface area contributed by atoms with E-state index in [9.17, 15) is 13.2 Å². The molecule has 0 saturated heterocycles. The van der Waals surface area contributed by atoms with Crippen molar-refractivity contribution in [3.63, 3.8) is 0 Å². The number of nitrogen functional groups attached to an aromatic ring is 1. The molecule has 2 N–H and O–H groups in total. The summed E-state index contributed by atoms with van der Waals surface area (Å²) in [6.45, 7) is 1.43. The number of fused-ring (bicyclic) bond motifs is 1. The average molecular weight is 292 g/mol. The maximum Gasteiger partial charge on any atom is 0.416 e. The number of rotatable bonds is 2. The predicted octanol–water partition coefficient (Wildman–Crippen LogP) is 3.85. The van der Waals surface area contributed by atoms with Crippen molar-refractivity contribution >= 4 is 11.4 Å². The first-order valence-corrected chi connectivity index (χ1v) is 6.73. The van der Waals surface area contributed by atoms with Gasteiger partial charge in [-0.3, -0.25) is 0 Å². The number of nitrogens with zero attached hydrogens (tertiary/aromatic N) is 1. The van der Waals surface area contributed by atoms with Crippen molar-refractivity contribution in [1.82, 2.24) is 0 Å². The van der Waals surface area contributed by atoms with Crippen molar-refractivity contribution in [1.29, 1.82) is 0 Å². The molecule has 0 aromatic heterocycles. The van der Waals surface area contributed by atoms with Crippen LogP contribution in [0.2, 0.25) is 0 Å². The summed E-state index contributed by atoms with van der Waals surface area (Å²) in [5.41, 5.74) is 9.18. The zero-order chi connectivity index (χ0) is 15.0. The lowest BCUT2D eigenvalue weighted by Gasteiger charge is -2.20. The van der Waals surface area contributed by atoms with Gasteiger partial charge in [0.1, 0.15) is 0 Å². The molecular weight excluding hydrogens is 277 g/mol. The molecule has 2 aromatic rings. The number of nitrogens with two attached hydrogens (primary N) is 1. The maximum atomic E-state index is 12.5. The van der Waals surface area contributed by atoms with Crippen LogP contribution in [0.3, 0.4) is 0 Å². The summed E-state index contributed by atoms with van der Waals surface area (Å²) in [4.78, 5) is 2.15. The second-order valence-electron chi connectivity index (χ2n) is 5.21. The lowest BCUT2D eigenvalue weighted by molar-refractivity contribution is -0.137. The number of hydrogen-bond donors (Lipinski definition) is 1. The predicted molar refractivity (Wildman–Crippen MR) is 77.1 cm³/mol. The van der Waals surface area contributed by atoms with Crippen LogP contribution in [-0.2, 0) is 19.1 Å². The Morgan fingerprint density at radius 2 is 1.76 bits per heavy atom. The van der Waals surface area contributed by atoms with Gasteiger partial charge >= 0.3 is 6.18 Å². The molecule has 1 aliphatic heterocycles. The second kappa shape index (κ2) is 4.98. The third-order valence-electron chi connectivity index (χ3n) is 3.81. The van der Waals surface area contributed by atoms with Crippen molar-refractivity contribution in [2.75, 3.05) is 17.2 Å². The van der Waals surface area contributed by atoms with Crippen LogP contribution in [0.4, 0.5) is 24.5 Å². The van der Waals surface area contributed by atoms with Gasteiger partial charge in [0, 0.05) is 30.0 Å². The van der Waals surface area contributed by atoms with Crippen LogP contribution < -0.4 is 10.6 Å². The lowest BCUT2D eigenvalue weighted by atomic mass is 10.1. The van der Waals surface area contributed by atoms with Crippen LogP contribution in [0.15, 0.2) is 42.5 Å². The molecule has 0 bridgehead atoms. The van der Waals surface area contributed by atoms with Gasteiger partial charge in [-0.05, 0) is 36.2 Å². The van der Waals surface area contributed by atoms with Crippen LogP contribution in [0.25, 0.3) is 0 Å². The average Bonchev–Trinajstić information content (AvgIpc) is 2.83. The maximum absolute atomic E-state index is 12.5. The van der Waals surface area contributed by atoms with Crippen LogP contribution >= 0.6 is 0 Å². The summed E-state index contributed by atoms with van der Waals surface area (Å²) in [5.74, 6) is 0. The second-order valence-corrected chi connectivity index (χ2v) is 5.21. The van der Waals surface area contributed by atoms with E-state index < -0.39 is 11.7 Å². The van der Waals surface area contributed by atoms with Gasteiger partial charge in [-0.15, -0.1) is 0 Å². The van der Waals surface area contributed by atoms with Gasteiger partial charge < -0.3 is 10.6 Å². The molecule has 0 saturated carbocycles. The molecule has 0 fully saturated rings. The van der Waals surface area contributed by atoms with Gasteiger partial charge in [-0.25, -0.2) is 0 Å². The molecule has 0 spiro atoms. The number of benzene rings is 2. The highest BCUT2D eigenvalue weighted by molar-refractivity contribution is 5.68. The number of alkyl halides is 3. The van der Waals surface area contributed by atoms with Crippen molar-refractivity contribution in [2.24, 2.45) is 0 Å². The molecule has 110 valence electrons. The molecule has 0 aliphatic carbocycles. The van der Waals surface area contributed by atoms with Crippen LogP contribution in [-0.4, -0.2) is 6.54 Å². The summed E-state index contributed by atoms with van der Waals surface area (Å²) in [7, 11) is 0. The minimum absolute atomic E-state index is 0.592. The van der Waals surface area contributed by atoms with E-state index in [2.05, 4.69) is 4.90 Å². The van der Waals surface area contributed by atoms with Crippen molar-refractivity contribution < 1.29 is 13.2 Å².